The molecular weight excluding hydrogens is 468 g/mol. The van der Waals surface area contributed by atoms with Crippen molar-refractivity contribution in [3.8, 4) is 0 Å². The molecule has 6 heteroatoms. The van der Waals surface area contributed by atoms with Gasteiger partial charge in [0.15, 0.2) is 0 Å². The first-order chi connectivity index (χ1) is 17.9. The summed E-state index contributed by atoms with van der Waals surface area (Å²) >= 11 is 0. The number of aliphatic hydroxyl groups excluding tert-OH is 1. The number of carbonyl (C=O) groups is 2. The van der Waals surface area contributed by atoms with Crippen LogP contribution in [0.25, 0.3) is 0 Å². The van der Waals surface area contributed by atoms with Crippen molar-refractivity contribution < 1.29 is 28.9 Å². The van der Waals surface area contributed by atoms with E-state index in [1.165, 1.54) is 50.3 Å². The lowest BCUT2D eigenvalue weighted by Crippen LogP contribution is -2.31. The van der Waals surface area contributed by atoms with Gasteiger partial charge in [-0.15, -0.1) is 0 Å². The van der Waals surface area contributed by atoms with Crippen LogP contribution in [-0.4, -0.2) is 50.6 Å². The molecule has 1 N–H and O–H groups in total. The van der Waals surface area contributed by atoms with Gasteiger partial charge >= 0.3 is 11.9 Å². The highest BCUT2D eigenvalue weighted by atomic mass is 16.5. The third-order valence-electron chi connectivity index (χ3n) is 7.44. The van der Waals surface area contributed by atoms with Gasteiger partial charge in [0.1, 0.15) is 0 Å². The molecule has 1 atom stereocenters. The second-order valence-electron chi connectivity index (χ2n) is 10.3. The first-order valence-electron chi connectivity index (χ1n) is 13.7. The standard InChI is InChI=1S/C31H46O6/c1-5-6-7-8-25-9-11-26(12-10-25)13-14-27-15-17-28(18-16-27)29(21-36-30(33)23(2)19-32)22-37-31(34)24(3)20-35-4/h9-12,27-29,32H,2-3,5-8,13-22H2,1,4H3. The Morgan fingerprint density at radius 3 is 2.03 bits per heavy atom. The van der Waals surface area contributed by atoms with Crippen LogP contribution in [0.3, 0.4) is 0 Å². The fraction of sp³-hybridized carbons (Fsp3) is 0.613. The Morgan fingerprint density at radius 1 is 0.919 bits per heavy atom. The summed E-state index contributed by atoms with van der Waals surface area (Å²) in [5, 5.41) is 9.13. The SMILES string of the molecule is C=C(CO)C(=O)OCC(COC(=O)C(=C)COC)C1CCC(CCc2ccc(CCCCC)cc2)CC1. The number of aliphatic hydroxyl groups is 1. The molecule has 37 heavy (non-hydrogen) atoms. The molecule has 1 aliphatic rings. The van der Waals surface area contributed by atoms with Crippen LogP contribution in [0.15, 0.2) is 48.6 Å². The number of hydrogen-bond donors (Lipinski definition) is 1. The van der Waals surface area contributed by atoms with Crippen LogP contribution in [0, 0.1) is 17.8 Å². The molecule has 2 rings (SSSR count). The van der Waals surface area contributed by atoms with Crippen molar-refractivity contribution in [2.75, 3.05) is 33.5 Å². The summed E-state index contributed by atoms with van der Waals surface area (Å²) in [6, 6.07) is 9.12. The van der Waals surface area contributed by atoms with Crippen molar-refractivity contribution in [2.45, 2.75) is 71.1 Å². The summed E-state index contributed by atoms with van der Waals surface area (Å²) in [4.78, 5) is 24.2. The van der Waals surface area contributed by atoms with Crippen molar-refractivity contribution in [3.05, 3.63) is 59.7 Å². The van der Waals surface area contributed by atoms with Gasteiger partial charge in [-0.2, -0.15) is 0 Å². The minimum atomic E-state index is -0.618. The van der Waals surface area contributed by atoms with Gasteiger partial charge in [-0.05, 0) is 61.5 Å². The van der Waals surface area contributed by atoms with E-state index in [0.29, 0.717) is 5.92 Å². The maximum Gasteiger partial charge on any atom is 0.335 e. The fourth-order valence-electron chi connectivity index (χ4n) is 4.96. The number of carbonyl (C=O) groups excluding carboxylic acids is 2. The number of methoxy groups -OCH3 is 1. The third-order valence-corrected chi connectivity index (χ3v) is 7.44. The van der Waals surface area contributed by atoms with Crippen LogP contribution in [-0.2, 0) is 36.6 Å². The Morgan fingerprint density at radius 2 is 1.49 bits per heavy atom. The molecule has 0 radical (unpaired) electrons. The first kappa shape index (κ1) is 30.8. The highest BCUT2D eigenvalue weighted by Gasteiger charge is 2.30. The second-order valence-corrected chi connectivity index (χ2v) is 10.3. The predicted molar refractivity (Wildman–Crippen MR) is 146 cm³/mol. The molecule has 0 heterocycles. The maximum absolute atomic E-state index is 12.2. The number of hydrogen-bond acceptors (Lipinski definition) is 6. The fourth-order valence-corrected chi connectivity index (χ4v) is 4.96. The number of rotatable bonds is 17. The number of ether oxygens (including phenoxy) is 3. The van der Waals surface area contributed by atoms with E-state index in [0.717, 1.165) is 32.1 Å². The average Bonchev–Trinajstić information content (AvgIpc) is 2.92. The zero-order valence-corrected chi connectivity index (χ0v) is 22.8. The van der Waals surface area contributed by atoms with E-state index in [1.54, 1.807) is 0 Å². The minimum absolute atomic E-state index is 0.0157. The summed E-state index contributed by atoms with van der Waals surface area (Å²) in [6.45, 7) is 9.40. The maximum atomic E-state index is 12.2. The average molecular weight is 515 g/mol. The van der Waals surface area contributed by atoms with Crippen LogP contribution in [0.4, 0.5) is 0 Å². The normalized spacial score (nSPS) is 18.1. The molecule has 1 aromatic carbocycles. The summed E-state index contributed by atoms with van der Waals surface area (Å²) in [7, 11) is 1.50. The van der Waals surface area contributed by atoms with E-state index in [4.69, 9.17) is 19.3 Å². The van der Waals surface area contributed by atoms with Crippen LogP contribution < -0.4 is 0 Å². The van der Waals surface area contributed by atoms with Gasteiger partial charge in [0.05, 0.1) is 37.6 Å². The molecule has 0 saturated heterocycles. The lowest BCUT2D eigenvalue weighted by molar-refractivity contribution is -0.146. The van der Waals surface area contributed by atoms with Crippen molar-refractivity contribution in [1.29, 1.82) is 0 Å². The van der Waals surface area contributed by atoms with Crippen LogP contribution >= 0.6 is 0 Å². The Bertz CT molecular complexity index is 851. The van der Waals surface area contributed by atoms with Crippen LogP contribution in [0.2, 0.25) is 0 Å². The van der Waals surface area contributed by atoms with Crippen molar-refractivity contribution >= 4 is 11.9 Å². The van der Waals surface area contributed by atoms with Gasteiger partial charge in [-0.3, -0.25) is 0 Å². The molecule has 0 spiro atoms. The van der Waals surface area contributed by atoms with Gasteiger partial charge in [0.25, 0.3) is 0 Å². The largest absolute Gasteiger partial charge is 0.462 e. The molecule has 0 aromatic heterocycles. The summed E-state index contributed by atoms with van der Waals surface area (Å²) in [5.74, 6) is -0.272. The number of unbranched alkanes of at least 4 members (excludes halogenated alkanes) is 2. The number of esters is 2. The van der Waals surface area contributed by atoms with E-state index < -0.39 is 18.5 Å². The first-order valence-corrected chi connectivity index (χ1v) is 13.7. The highest BCUT2D eigenvalue weighted by Crippen LogP contribution is 2.36. The number of benzene rings is 1. The summed E-state index contributed by atoms with van der Waals surface area (Å²) in [5.41, 5.74) is 3.10. The molecule has 206 valence electrons. The van der Waals surface area contributed by atoms with E-state index in [9.17, 15) is 9.59 Å². The highest BCUT2D eigenvalue weighted by molar-refractivity contribution is 5.88. The Kier molecular flexibility index (Phi) is 14.3. The number of aryl methyl sites for hydroxylation is 2. The molecular formula is C31H46O6. The summed E-state index contributed by atoms with van der Waals surface area (Å²) < 4.78 is 15.8. The lowest BCUT2D eigenvalue weighted by Gasteiger charge is -2.33. The van der Waals surface area contributed by atoms with Gasteiger partial charge in [0, 0.05) is 13.0 Å². The smallest absolute Gasteiger partial charge is 0.335 e. The molecule has 1 saturated carbocycles. The van der Waals surface area contributed by atoms with E-state index in [2.05, 4.69) is 44.3 Å². The Balaban J connectivity index is 1.84. The van der Waals surface area contributed by atoms with E-state index in [-0.39, 0.29) is 42.8 Å². The molecule has 6 nitrogen and oxygen atoms in total. The van der Waals surface area contributed by atoms with Gasteiger partial charge < -0.3 is 19.3 Å². The minimum Gasteiger partial charge on any atom is -0.462 e. The monoisotopic (exact) mass is 514 g/mol. The predicted octanol–water partition coefficient (Wildman–Crippen LogP) is 5.61. The van der Waals surface area contributed by atoms with Crippen LogP contribution in [0.5, 0.6) is 0 Å². The van der Waals surface area contributed by atoms with E-state index >= 15 is 0 Å². The lowest BCUT2D eigenvalue weighted by atomic mass is 9.74. The van der Waals surface area contributed by atoms with Crippen molar-refractivity contribution in [1.82, 2.24) is 0 Å². The van der Waals surface area contributed by atoms with Crippen molar-refractivity contribution in [2.24, 2.45) is 17.8 Å². The second kappa shape index (κ2) is 17.1. The molecule has 1 aromatic rings. The molecule has 0 amide bonds. The van der Waals surface area contributed by atoms with Gasteiger partial charge in [0.2, 0.25) is 0 Å². The molecule has 1 unspecified atom stereocenters. The quantitative estimate of drug-likeness (QED) is 0.165. The molecule has 1 fully saturated rings. The zero-order valence-electron chi connectivity index (χ0n) is 22.8. The molecule has 1 aliphatic carbocycles. The van der Waals surface area contributed by atoms with E-state index in [1.807, 2.05) is 0 Å². The molecule has 0 aliphatic heterocycles. The van der Waals surface area contributed by atoms with Crippen LogP contribution in [0.1, 0.15) is 69.4 Å². The third kappa shape index (κ3) is 11.2. The summed E-state index contributed by atoms with van der Waals surface area (Å²) in [6.07, 6.45) is 11.4. The van der Waals surface area contributed by atoms with Gasteiger partial charge in [-0.25, -0.2) is 9.59 Å². The molecule has 0 bridgehead atoms. The Labute approximate surface area is 223 Å². The van der Waals surface area contributed by atoms with Gasteiger partial charge in [-0.1, -0.05) is 70.0 Å². The Hall–Kier alpha value is -2.44. The van der Waals surface area contributed by atoms with Crippen molar-refractivity contribution in [3.63, 3.8) is 0 Å². The zero-order chi connectivity index (χ0) is 27.0. The topological polar surface area (TPSA) is 82.1 Å².